The zero-order valence-corrected chi connectivity index (χ0v) is 51.7. The Balaban J connectivity index is 0.000000334. The number of nitrogens with zero attached hydrogens (tertiary/aromatic N) is 10. The van der Waals surface area contributed by atoms with Gasteiger partial charge in [0, 0.05) is 107 Å². The van der Waals surface area contributed by atoms with Crippen LogP contribution in [0.1, 0.15) is 65.5 Å². The van der Waals surface area contributed by atoms with Crippen LogP contribution in [0.2, 0.25) is 0 Å². The minimum atomic E-state index is -4.06. The normalized spacial score (nSPS) is 14.5. The molecule has 2 aliphatic heterocycles. The van der Waals surface area contributed by atoms with Gasteiger partial charge in [0.2, 0.25) is 0 Å². The molecule has 0 saturated carbocycles. The Kier molecular flexibility index (Phi) is 25.0. The molecule has 460 valence electrons. The number of nitrogens with two attached hydrogens (primary N) is 3. The number of hydrogen-bond acceptors (Lipinski definition) is 21. The molecule has 5 heterocycles. The molecule has 0 atom stereocenters. The average molecular weight is 1260 g/mol. The fraction of sp³-hybridized carbons (Fsp3) is 0.490. The van der Waals surface area contributed by atoms with Crippen LogP contribution >= 0.6 is 12.4 Å². The zero-order chi connectivity index (χ0) is 60.3. The number of nitrogens with one attached hydrogen (secondary N) is 2. The quantitative estimate of drug-likeness (QED) is 0.0806. The molecule has 7 rings (SSSR count). The number of pyridine rings is 1. The van der Waals surface area contributed by atoms with Crippen molar-refractivity contribution in [3.63, 3.8) is 0 Å². The molecule has 29 nitrogen and oxygen atoms in total. The van der Waals surface area contributed by atoms with Crippen LogP contribution in [0.3, 0.4) is 0 Å². The van der Waals surface area contributed by atoms with Crippen molar-refractivity contribution >= 4 is 106 Å². The highest BCUT2D eigenvalue weighted by atomic mass is 35.5. The molecule has 34 heteroatoms. The number of aromatic nitrogens is 5. The number of halogens is 2. The molecule has 8 N–H and O–H groups in total. The van der Waals surface area contributed by atoms with Crippen LogP contribution in [0.15, 0.2) is 61.4 Å². The van der Waals surface area contributed by atoms with Crippen molar-refractivity contribution in [1.29, 1.82) is 0 Å². The third kappa shape index (κ3) is 21.3. The number of rotatable bonds is 14. The second kappa shape index (κ2) is 29.5. The predicted octanol–water partition coefficient (Wildman–Crippen LogP) is -1.31. The van der Waals surface area contributed by atoms with Crippen LogP contribution in [-0.4, -0.2) is 169 Å². The summed E-state index contributed by atoms with van der Waals surface area (Å²) in [6, 6.07) is 10.5. The smallest absolute Gasteiger partial charge is 0.474 e. The highest BCUT2D eigenvalue weighted by Crippen LogP contribution is 2.32. The molecule has 0 bridgehead atoms. The second-order valence-electron chi connectivity index (χ2n) is 20.7. The molecular formula is C49H73Cl2N15O14S3. The molecule has 3 aromatic heterocycles. The van der Waals surface area contributed by atoms with Crippen molar-refractivity contribution in [2.75, 3.05) is 94.4 Å². The third-order valence-electron chi connectivity index (χ3n) is 11.6. The number of carbonyl (C=O) groups is 4. The van der Waals surface area contributed by atoms with Crippen molar-refractivity contribution in [1.82, 2.24) is 38.0 Å². The summed E-state index contributed by atoms with van der Waals surface area (Å²) < 4.78 is 101. The summed E-state index contributed by atoms with van der Waals surface area (Å²) in [4.78, 5) is 68.7. The van der Waals surface area contributed by atoms with Gasteiger partial charge < -0.3 is 57.5 Å². The van der Waals surface area contributed by atoms with E-state index in [9.17, 15) is 44.4 Å². The Morgan fingerprint density at radius 3 is 1.43 bits per heavy atom. The highest BCUT2D eigenvalue weighted by Gasteiger charge is 2.31. The van der Waals surface area contributed by atoms with Gasteiger partial charge in [0.25, 0.3) is 22.0 Å². The Morgan fingerprint density at radius 1 is 0.627 bits per heavy atom. The fourth-order valence-electron chi connectivity index (χ4n) is 7.96. The average Bonchev–Trinajstić information content (AvgIpc) is 3.84. The number of benzene rings is 2. The second-order valence-corrected chi connectivity index (χ2v) is 25.5. The van der Waals surface area contributed by atoms with Crippen molar-refractivity contribution in [3.8, 4) is 11.5 Å². The summed E-state index contributed by atoms with van der Waals surface area (Å²) in [5.74, 6) is 1.28. The van der Waals surface area contributed by atoms with Crippen molar-refractivity contribution < 1.29 is 79.8 Å². The number of ether oxygens (including phenoxy) is 4. The lowest BCUT2D eigenvalue weighted by atomic mass is 10.1. The van der Waals surface area contributed by atoms with Crippen LogP contribution in [0.25, 0.3) is 21.8 Å². The minimum Gasteiger partial charge on any atom is -1.00 e. The topological polar surface area (TPSA) is 381 Å². The Labute approximate surface area is 495 Å². The zero-order valence-electron chi connectivity index (χ0n) is 47.7. The van der Waals surface area contributed by atoms with E-state index < -0.39 is 65.8 Å². The van der Waals surface area contributed by atoms with Crippen LogP contribution in [0.5, 0.6) is 11.5 Å². The van der Waals surface area contributed by atoms with Crippen LogP contribution in [0.4, 0.5) is 26.9 Å². The predicted molar refractivity (Wildman–Crippen MR) is 308 cm³/mol. The first kappa shape index (κ1) is 70.3. The van der Waals surface area contributed by atoms with E-state index in [0.29, 0.717) is 80.5 Å². The summed E-state index contributed by atoms with van der Waals surface area (Å²) in [7, 11) is -8.08. The molecule has 2 saturated heterocycles. The summed E-state index contributed by atoms with van der Waals surface area (Å²) in [5.41, 5.74) is 12.4. The number of anilines is 3. The Morgan fingerprint density at radius 2 is 1.04 bits per heavy atom. The van der Waals surface area contributed by atoms with E-state index in [2.05, 4.69) is 19.9 Å². The maximum Gasteiger partial charge on any atom is 0.474 e. The van der Waals surface area contributed by atoms with E-state index in [1.807, 2.05) is 64.2 Å². The molecule has 83 heavy (non-hydrogen) atoms. The Hall–Kier alpha value is -6.94. The lowest BCUT2D eigenvalue weighted by Gasteiger charge is -2.24. The number of carbonyl (C=O) groups excluding carboxylic acids is 4. The van der Waals surface area contributed by atoms with E-state index >= 15 is 0 Å². The summed E-state index contributed by atoms with van der Waals surface area (Å²) in [5, 5.41) is 6.85. The lowest BCUT2D eigenvalue weighted by molar-refractivity contribution is -0.512. The molecule has 2 fully saturated rings. The summed E-state index contributed by atoms with van der Waals surface area (Å²) >= 11 is 0. The largest absolute Gasteiger partial charge is 1.00 e. The lowest BCUT2D eigenvalue weighted by Crippen LogP contribution is -3.00. The number of hydrogen-bond donors (Lipinski definition) is 5. The Bertz CT molecular complexity index is 3430. The molecule has 0 radical (unpaired) electrons. The highest BCUT2D eigenvalue weighted by molar-refractivity contribution is 7.87. The third-order valence-corrected chi connectivity index (χ3v) is 15.3. The first-order valence-corrected chi connectivity index (χ1v) is 29.6. The molecule has 5 aromatic rings. The molecule has 0 unspecified atom stereocenters. The van der Waals surface area contributed by atoms with Gasteiger partial charge >= 0.3 is 32.6 Å². The first-order chi connectivity index (χ1) is 37.6. The van der Waals surface area contributed by atoms with Gasteiger partial charge in [-0.15, -0.1) is 20.8 Å². The molecule has 0 spiro atoms. The first-order valence-electron chi connectivity index (χ1n) is 25.2. The van der Waals surface area contributed by atoms with E-state index in [4.69, 9.17) is 35.6 Å². The maximum atomic E-state index is 12.7. The monoisotopic (exact) mass is 1260 g/mol. The van der Waals surface area contributed by atoms with E-state index in [0.717, 1.165) is 37.4 Å². The number of primary amides is 2. The molecule has 4 amide bonds. The van der Waals surface area contributed by atoms with Gasteiger partial charge in [-0.05, 0) is 91.5 Å². The van der Waals surface area contributed by atoms with Crippen LogP contribution < -0.4 is 66.6 Å². The molecule has 0 aliphatic carbocycles. The maximum absolute atomic E-state index is 12.7. The molecule has 2 aromatic carbocycles. The van der Waals surface area contributed by atoms with E-state index in [1.54, 1.807) is 65.8 Å². The van der Waals surface area contributed by atoms with Gasteiger partial charge in [-0.2, -0.15) is 30.2 Å². The van der Waals surface area contributed by atoms with Crippen LogP contribution in [0, 0.1) is 13.8 Å². The van der Waals surface area contributed by atoms with E-state index in [-0.39, 0.29) is 51.1 Å². The summed E-state index contributed by atoms with van der Waals surface area (Å²) in [6.07, 6.45) is 4.72. The standard InChI is InChI=1S/C21H30N6O6S.C16H22N6O4S.C12H19N3O4S.2ClH/c1-14-10-15-16(11-17(14)32-12-18(22)28)23-13-24-19(15)26-6-5-7-27(9-8-26)34(30,31)25-20(29)33-21(2,3)4;1-11-7-12-13(8-14(11)26-9-15(17)23)19-10-20-16(12)21-3-2-4-22(6-5-21)27(18,24)25;1-12(2,3)19-11(16)13-20(17,18)15-8-6-10(7-9-15)14(4)5;;/h10-11,13H,5-9,12H2,1-4H3,(H2,22,28)(H,25,29);7-8,10H,2-6,9H2,1H3,(H2,17,23)(H2,18,24,25);6-9H,1-5H3;2*1H. The number of fused-ring (bicyclic) bond motifs is 2. The van der Waals surface area contributed by atoms with Crippen molar-refractivity contribution in [2.45, 2.75) is 79.4 Å². The fourth-order valence-corrected chi connectivity index (χ4v) is 10.6. The van der Waals surface area contributed by atoms with Gasteiger partial charge in [-0.3, -0.25) is 9.59 Å². The van der Waals surface area contributed by atoms with Crippen molar-refractivity contribution in [2.24, 2.45) is 16.6 Å². The number of aryl methyl sites for hydroxylation is 2. The minimum absolute atomic E-state index is 0. The van der Waals surface area contributed by atoms with Gasteiger partial charge in [0.15, 0.2) is 25.6 Å². The summed E-state index contributed by atoms with van der Waals surface area (Å²) in [6.45, 7) is 16.3. The SMILES string of the molecule is CN(C)c1cc[n+](S(=O)(=O)NC(=O)OC(C)(C)C)cc1.Cc1cc2c(N3CCCN(S(=O)(=O)NC(=O)OC(C)(C)C)CC3)ncnc2cc1OCC(N)=O.Cc1cc2c(N3CCCN(S(N)(=O)=O)CC3)ncnc2cc1OCC(N)=O.Cl.[Cl-]. The van der Waals surface area contributed by atoms with Gasteiger partial charge in [-0.1, -0.05) is 3.97 Å². The molecular weight excluding hydrogens is 1190 g/mol. The van der Waals surface area contributed by atoms with Crippen molar-refractivity contribution in [3.05, 3.63) is 72.6 Å². The van der Waals surface area contributed by atoms with Gasteiger partial charge in [0.05, 0.1) is 11.0 Å². The van der Waals surface area contributed by atoms with E-state index in [1.165, 1.54) is 33.7 Å². The molecule has 2 aliphatic rings. The van der Waals surface area contributed by atoms with Crippen LogP contribution in [-0.2, 0) is 49.7 Å². The van der Waals surface area contributed by atoms with Gasteiger partial charge in [-0.25, -0.2) is 39.4 Å². The number of amides is 4. The van der Waals surface area contributed by atoms with Gasteiger partial charge in [0.1, 0.15) is 47.0 Å².